The second-order valence-corrected chi connectivity index (χ2v) is 4.08. The quantitative estimate of drug-likeness (QED) is 0.481. The van der Waals surface area contributed by atoms with E-state index in [9.17, 15) is 0 Å². The lowest BCUT2D eigenvalue weighted by Crippen LogP contribution is -3.00. The lowest BCUT2D eigenvalue weighted by molar-refractivity contribution is -0.836. The van der Waals surface area contributed by atoms with Gasteiger partial charge in [-0.2, -0.15) is 0 Å². The molecule has 16 heavy (non-hydrogen) atoms. The highest BCUT2D eigenvalue weighted by Crippen LogP contribution is 2.15. The molecule has 0 saturated heterocycles. The summed E-state index contributed by atoms with van der Waals surface area (Å²) < 4.78 is 0.924. The van der Waals surface area contributed by atoms with E-state index in [2.05, 4.69) is 48.2 Å². The van der Waals surface area contributed by atoms with Gasteiger partial charge in [-0.1, -0.05) is 36.9 Å². The number of benzene rings is 1. The van der Waals surface area contributed by atoms with Crippen LogP contribution in [0.4, 0.5) is 0 Å². The van der Waals surface area contributed by atoms with Gasteiger partial charge in [-0.25, -0.2) is 4.99 Å². The van der Waals surface area contributed by atoms with Gasteiger partial charge in [0.25, 0.3) is 0 Å². The second kappa shape index (κ2) is 5.83. The lowest BCUT2D eigenvalue weighted by Gasteiger charge is -2.28. The van der Waals surface area contributed by atoms with E-state index in [0.717, 1.165) is 30.7 Å². The smallest absolute Gasteiger partial charge is 0.186 e. The lowest BCUT2D eigenvalue weighted by atomic mass is 10.2. The van der Waals surface area contributed by atoms with Crippen molar-refractivity contribution in [1.82, 2.24) is 0 Å². The standard InChI is InChI=1S/C13H17N2.ClH/c1-2-9-15(10-8-14-12-15)11-13-6-4-3-5-7-13;/h2-7,12H,1,8-11H2;1H/q+1;/p-1. The molecule has 0 amide bonds. The van der Waals surface area contributed by atoms with Crippen molar-refractivity contribution in [3.8, 4) is 0 Å². The number of halogens is 1. The molecule has 1 aromatic rings. The van der Waals surface area contributed by atoms with Crippen LogP contribution < -0.4 is 12.4 Å². The summed E-state index contributed by atoms with van der Waals surface area (Å²) in [6.07, 6.45) is 4.06. The van der Waals surface area contributed by atoms with Crippen molar-refractivity contribution in [1.29, 1.82) is 0 Å². The number of quaternary nitrogens is 1. The Bertz CT molecular complexity index is 361. The van der Waals surface area contributed by atoms with Gasteiger partial charge in [-0.05, 0) is 6.08 Å². The number of aliphatic imine (C=N–C) groups is 1. The Labute approximate surface area is 103 Å². The molecule has 2 nitrogen and oxygen atoms in total. The zero-order chi connectivity index (χ0) is 10.6. The Kier molecular flexibility index (Phi) is 4.71. The van der Waals surface area contributed by atoms with Gasteiger partial charge in [-0.15, -0.1) is 0 Å². The minimum Gasteiger partial charge on any atom is -1.00 e. The first kappa shape index (κ1) is 12.9. The SMILES string of the molecule is C=CC[N+]1(Cc2ccccc2)C=NCC1.[Cl-]. The van der Waals surface area contributed by atoms with E-state index in [0.29, 0.717) is 0 Å². The van der Waals surface area contributed by atoms with Crippen LogP contribution in [0.15, 0.2) is 48.0 Å². The molecule has 1 aromatic carbocycles. The Hall–Kier alpha value is -1.12. The molecule has 1 aliphatic rings. The molecule has 0 spiro atoms. The van der Waals surface area contributed by atoms with E-state index in [1.807, 2.05) is 6.08 Å². The average Bonchev–Trinajstić information content (AvgIpc) is 2.69. The summed E-state index contributed by atoms with van der Waals surface area (Å²) in [5.41, 5.74) is 1.37. The van der Waals surface area contributed by atoms with Crippen LogP contribution in [0.1, 0.15) is 5.56 Å². The van der Waals surface area contributed by atoms with E-state index >= 15 is 0 Å². The zero-order valence-corrected chi connectivity index (χ0v) is 10.1. The zero-order valence-electron chi connectivity index (χ0n) is 9.35. The Balaban J connectivity index is 0.00000128. The molecular formula is C13H17ClN2. The van der Waals surface area contributed by atoms with E-state index in [-0.39, 0.29) is 12.4 Å². The van der Waals surface area contributed by atoms with Crippen LogP contribution in [0.3, 0.4) is 0 Å². The molecule has 2 rings (SSSR count). The van der Waals surface area contributed by atoms with Gasteiger partial charge in [0.1, 0.15) is 19.6 Å². The number of hydrogen-bond acceptors (Lipinski definition) is 1. The van der Waals surface area contributed by atoms with Gasteiger partial charge in [-0.3, -0.25) is 4.48 Å². The van der Waals surface area contributed by atoms with Crippen LogP contribution >= 0.6 is 0 Å². The van der Waals surface area contributed by atoms with Gasteiger partial charge >= 0.3 is 0 Å². The summed E-state index contributed by atoms with van der Waals surface area (Å²) in [6.45, 7) is 7.87. The largest absolute Gasteiger partial charge is 1.00 e. The monoisotopic (exact) mass is 236 g/mol. The molecule has 0 aromatic heterocycles. The maximum absolute atomic E-state index is 4.35. The van der Waals surface area contributed by atoms with E-state index in [1.165, 1.54) is 5.56 Å². The maximum Gasteiger partial charge on any atom is 0.186 e. The van der Waals surface area contributed by atoms with Crippen LogP contribution in [0.2, 0.25) is 0 Å². The summed E-state index contributed by atoms with van der Waals surface area (Å²) in [7, 11) is 0. The maximum atomic E-state index is 4.35. The van der Waals surface area contributed by atoms with Gasteiger partial charge in [0.15, 0.2) is 6.34 Å². The van der Waals surface area contributed by atoms with E-state index in [4.69, 9.17) is 0 Å². The first-order valence-corrected chi connectivity index (χ1v) is 5.36. The van der Waals surface area contributed by atoms with Crippen molar-refractivity contribution in [2.45, 2.75) is 6.54 Å². The number of nitrogens with zero attached hydrogens (tertiary/aromatic N) is 2. The molecule has 0 bridgehead atoms. The number of rotatable bonds is 4. The van der Waals surface area contributed by atoms with Crippen LogP contribution in [0.25, 0.3) is 0 Å². The summed E-state index contributed by atoms with van der Waals surface area (Å²) in [6, 6.07) is 10.6. The highest BCUT2D eigenvalue weighted by molar-refractivity contribution is 5.48. The fourth-order valence-electron chi connectivity index (χ4n) is 2.07. The molecule has 3 heteroatoms. The molecule has 1 unspecified atom stereocenters. The normalized spacial score (nSPS) is 22.8. The second-order valence-electron chi connectivity index (χ2n) is 4.08. The molecule has 1 aliphatic heterocycles. The molecule has 1 heterocycles. The van der Waals surface area contributed by atoms with Gasteiger partial charge in [0.05, 0.1) is 6.54 Å². The Morgan fingerprint density at radius 3 is 2.62 bits per heavy atom. The fraction of sp³-hybridized carbons (Fsp3) is 0.308. The van der Waals surface area contributed by atoms with Crippen LogP contribution in [-0.2, 0) is 6.54 Å². The van der Waals surface area contributed by atoms with Gasteiger partial charge in [0, 0.05) is 5.56 Å². The van der Waals surface area contributed by atoms with Crippen molar-refractivity contribution in [2.24, 2.45) is 4.99 Å². The highest BCUT2D eigenvalue weighted by Gasteiger charge is 2.27. The summed E-state index contributed by atoms with van der Waals surface area (Å²) >= 11 is 0. The number of hydrogen-bond donors (Lipinski definition) is 0. The van der Waals surface area contributed by atoms with Crippen molar-refractivity contribution >= 4 is 6.34 Å². The Morgan fingerprint density at radius 2 is 2.06 bits per heavy atom. The first-order valence-electron chi connectivity index (χ1n) is 5.36. The third-order valence-corrected chi connectivity index (χ3v) is 2.83. The van der Waals surface area contributed by atoms with Gasteiger partial charge in [0.2, 0.25) is 0 Å². The first-order chi connectivity index (χ1) is 7.35. The minimum atomic E-state index is 0. The molecule has 86 valence electrons. The third-order valence-electron chi connectivity index (χ3n) is 2.83. The van der Waals surface area contributed by atoms with Crippen LogP contribution in [0.5, 0.6) is 0 Å². The predicted molar refractivity (Wildman–Crippen MR) is 63.7 cm³/mol. The molecular weight excluding hydrogens is 220 g/mol. The highest BCUT2D eigenvalue weighted by atomic mass is 35.5. The summed E-state index contributed by atoms with van der Waals surface area (Å²) in [4.78, 5) is 4.35. The van der Waals surface area contributed by atoms with Crippen molar-refractivity contribution < 1.29 is 16.9 Å². The molecule has 0 fully saturated rings. The third kappa shape index (κ3) is 2.94. The summed E-state index contributed by atoms with van der Waals surface area (Å²) in [5.74, 6) is 0. The molecule has 0 saturated carbocycles. The average molecular weight is 237 g/mol. The van der Waals surface area contributed by atoms with E-state index < -0.39 is 0 Å². The predicted octanol–water partition coefficient (Wildman–Crippen LogP) is -0.765. The Morgan fingerprint density at radius 1 is 1.31 bits per heavy atom. The van der Waals surface area contributed by atoms with Crippen LogP contribution in [0, 0.1) is 0 Å². The topological polar surface area (TPSA) is 12.4 Å². The molecule has 0 N–H and O–H groups in total. The molecule has 0 radical (unpaired) electrons. The van der Waals surface area contributed by atoms with E-state index in [1.54, 1.807) is 0 Å². The van der Waals surface area contributed by atoms with Gasteiger partial charge < -0.3 is 12.4 Å². The van der Waals surface area contributed by atoms with Crippen molar-refractivity contribution in [3.63, 3.8) is 0 Å². The van der Waals surface area contributed by atoms with Crippen molar-refractivity contribution in [3.05, 3.63) is 48.6 Å². The van der Waals surface area contributed by atoms with Crippen LogP contribution in [-0.4, -0.2) is 30.5 Å². The fourth-order valence-corrected chi connectivity index (χ4v) is 2.07. The molecule has 0 aliphatic carbocycles. The summed E-state index contributed by atoms with van der Waals surface area (Å²) in [5, 5.41) is 0. The minimum absolute atomic E-state index is 0. The molecule has 1 atom stereocenters. The van der Waals surface area contributed by atoms with Crippen molar-refractivity contribution in [2.75, 3.05) is 19.6 Å².